The highest BCUT2D eigenvalue weighted by atomic mass is 15.5. The highest BCUT2D eigenvalue weighted by molar-refractivity contribution is 6.00. The summed E-state index contributed by atoms with van der Waals surface area (Å²) in [6.45, 7) is 5.19. The van der Waals surface area contributed by atoms with Crippen LogP contribution in [0.3, 0.4) is 0 Å². The monoisotopic (exact) mass is 496 g/mol. The van der Waals surface area contributed by atoms with Crippen LogP contribution in [0.15, 0.2) is 65.4 Å². The van der Waals surface area contributed by atoms with Gasteiger partial charge in [-0.05, 0) is 58.7 Å². The van der Waals surface area contributed by atoms with Gasteiger partial charge in [-0.2, -0.15) is 0 Å². The van der Waals surface area contributed by atoms with Crippen molar-refractivity contribution in [1.82, 2.24) is 35.3 Å². The van der Waals surface area contributed by atoms with Crippen molar-refractivity contribution >= 4 is 5.84 Å². The van der Waals surface area contributed by atoms with Crippen molar-refractivity contribution in [2.75, 3.05) is 20.3 Å². The van der Waals surface area contributed by atoms with Crippen molar-refractivity contribution in [1.29, 1.82) is 0 Å². The van der Waals surface area contributed by atoms with E-state index in [1.807, 2.05) is 6.07 Å². The van der Waals surface area contributed by atoms with E-state index in [0.29, 0.717) is 5.82 Å². The molecule has 0 bridgehead atoms. The van der Waals surface area contributed by atoms with Gasteiger partial charge in [0, 0.05) is 31.9 Å². The largest absolute Gasteiger partial charge is 0.361 e. The third kappa shape index (κ3) is 5.10. The average molecular weight is 497 g/mol. The first kappa shape index (κ1) is 23.7. The summed E-state index contributed by atoms with van der Waals surface area (Å²) in [6.07, 6.45) is 10.0. The first-order valence-corrected chi connectivity index (χ1v) is 13.6. The molecule has 192 valence electrons. The highest BCUT2D eigenvalue weighted by Crippen LogP contribution is 2.36. The van der Waals surface area contributed by atoms with Crippen LogP contribution in [0.1, 0.15) is 51.0 Å². The molecule has 2 aliphatic heterocycles. The highest BCUT2D eigenvalue weighted by Gasteiger charge is 2.38. The Morgan fingerprint density at radius 1 is 1.00 bits per heavy atom. The molecule has 1 atom stereocenters. The summed E-state index contributed by atoms with van der Waals surface area (Å²) in [4.78, 5) is 12.7. The number of amidine groups is 1. The van der Waals surface area contributed by atoms with Gasteiger partial charge in [-0.3, -0.25) is 0 Å². The zero-order valence-corrected chi connectivity index (χ0v) is 21.8. The lowest BCUT2D eigenvalue weighted by Crippen LogP contribution is -2.45. The molecule has 1 saturated carbocycles. The van der Waals surface area contributed by atoms with E-state index in [4.69, 9.17) is 4.99 Å². The molecular formula is C29H36N8. The Hall–Kier alpha value is -3.68. The van der Waals surface area contributed by atoms with E-state index in [2.05, 4.69) is 98.0 Å². The van der Waals surface area contributed by atoms with Crippen LogP contribution in [0.25, 0.3) is 22.5 Å². The Kier molecular flexibility index (Phi) is 6.64. The minimum atomic E-state index is 0.209. The fourth-order valence-electron chi connectivity index (χ4n) is 5.47. The lowest BCUT2D eigenvalue weighted by molar-refractivity contribution is 0.230. The molecule has 3 aromatic rings. The molecule has 37 heavy (non-hydrogen) atoms. The number of aromatic nitrogens is 4. The van der Waals surface area contributed by atoms with E-state index >= 15 is 0 Å². The Labute approximate surface area is 219 Å². The topological polar surface area (TPSA) is 76.5 Å². The average Bonchev–Trinajstić information content (AvgIpc) is 3.43. The SMILES string of the molecule is CCCCCC1N=C2C(=CN(C)CN2CC2CC2)N1Cc1ccc(-c2ccccc2-c2nnn[nH]2)cc1. The van der Waals surface area contributed by atoms with Gasteiger partial charge >= 0.3 is 0 Å². The maximum absolute atomic E-state index is 5.31. The normalized spacial score (nSPS) is 19.2. The number of benzene rings is 2. The molecule has 0 radical (unpaired) electrons. The fraction of sp³-hybridized carbons (Fsp3) is 0.448. The van der Waals surface area contributed by atoms with Crippen LogP contribution < -0.4 is 0 Å². The predicted molar refractivity (Wildman–Crippen MR) is 146 cm³/mol. The standard InChI is InChI=1S/C29H36N8/c1-3-4-5-10-27-30-29-26(19-35(2)20-36(29)17-21-11-12-21)37(27)18-22-13-15-23(16-14-22)24-8-6-7-9-25(24)28-31-33-34-32-28/h6-9,13-16,19,21,27H,3-5,10-12,17-18,20H2,1-2H3,(H,31,32,33,34). The Bertz CT molecular complexity index is 1260. The first-order chi connectivity index (χ1) is 18.2. The third-order valence-electron chi connectivity index (χ3n) is 7.59. The van der Waals surface area contributed by atoms with Gasteiger partial charge in [-0.15, -0.1) is 5.10 Å². The van der Waals surface area contributed by atoms with Crippen molar-refractivity contribution < 1.29 is 0 Å². The number of unbranched alkanes of at least 4 members (excludes halogenated alkanes) is 2. The quantitative estimate of drug-likeness (QED) is 0.393. The number of hydrogen-bond acceptors (Lipinski definition) is 7. The molecule has 1 unspecified atom stereocenters. The summed E-state index contributed by atoms with van der Waals surface area (Å²) in [5, 5.41) is 14.5. The number of aromatic amines is 1. The third-order valence-corrected chi connectivity index (χ3v) is 7.59. The van der Waals surface area contributed by atoms with Crippen molar-refractivity contribution in [2.45, 2.75) is 58.2 Å². The van der Waals surface area contributed by atoms with Gasteiger partial charge in [0.15, 0.2) is 11.7 Å². The Balaban J connectivity index is 1.24. The first-order valence-electron chi connectivity index (χ1n) is 13.6. The minimum Gasteiger partial charge on any atom is -0.361 e. The molecule has 0 spiro atoms. The maximum atomic E-state index is 5.31. The van der Waals surface area contributed by atoms with E-state index in [-0.39, 0.29) is 6.17 Å². The maximum Gasteiger partial charge on any atom is 0.180 e. The second-order valence-corrected chi connectivity index (χ2v) is 10.6. The zero-order chi connectivity index (χ0) is 25.2. The summed E-state index contributed by atoms with van der Waals surface area (Å²) >= 11 is 0. The van der Waals surface area contributed by atoms with E-state index in [1.165, 1.54) is 49.2 Å². The van der Waals surface area contributed by atoms with Gasteiger partial charge in [0.25, 0.3) is 0 Å². The number of nitrogens with one attached hydrogen (secondary N) is 1. The van der Waals surface area contributed by atoms with Gasteiger partial charge in [-0.1, -0.05) is 68.3 Å². The molecular weight excluding hydrogens is 460 g/mol. The molecule has 0 saturated heterocycles. The lowest BCUT2D eigenvalue weighted by atomic mass is 9.98. The predicted octanol–water partition coefficient (Wildman–Crippen LogP) is 5.11. The molecule has 0 amide bonds. The summed E-state index contributed by atoms with van der Waals surface area (Å²) in [5.74, 6) is 2.73. The molecule has 6 rings (SSSR count). The van der Waals surface area contributed by atoms with Crippen molar-refractivity contribution in [3.63, 3.8) is 0 Å². The molecule has 1 N–H and O–H groups in total. The van der Waals surface area contributed by atoms with Crippen molar-refractivity contribution in [3.05, 3.63) is 66.0 Å². The number of rotatable bonds is 10. The smallest absolute Gasteiger partial charge is 0.180 e. The van der Waals surface area contributed by atoms with Crippen molar-refractivity contribution in [2.24, 2.45) is 10.9 Å². The molecule has 8 nitrogen and oxygen atoms in total. The number of hydrogen-bond donors (Lipinski definition) is 1. The summed E-state index contributed by atoms with van der Waals surface area (Å²) in [5.41, 5.74) is 5.84. The second kappa shape index (κ2) is 10.4. The molecule has 2 aromatic carbocycles. The fourth-order valence-corrected chi connectivity index (χ4v) is 5.47. The number of fused-ring (bicyclic) bond motifs is 1. The molecule has 8 heteroatoms. The van der Waals surface area contributed by atoms with Crippen LogP contribution in [0, 0.1) is 5.92 Å². The van der Waals surface area contributed by atoms with Crippen LogP contribution in [0.2, 0.25) is 0 Å². The number of nitrogens with zero attached hydrogens (tertiary/aromatic N) is 7. The van der Waals surface area contributed by atoms with Crippen LogP contribution in [0.5, 0.6) is 0 Å². The van der Waals surface area contributed by atoms with Gasteiger partial charge in [0.05, 0.1) is 12.4 Å². The van der Waals surface area contributed by atoms with E-state index in [9.17, 15) is 0 Å². The van der Waals surface area contributed by atoms with E-state index in [1.54, 1.807) is 0 Å². The van der Waals surface area contributed by atoms with Gasteiger partial charge < -0.3 is 14.7 Å². The second-order valence-electron chi connectivity index (χ2n) is 10.6. The lowest BCUT2D eigenvalue weighted by Gasteiger charge is -2.36. The van der Waals surface area contributed by atoms with Crippen LogP contribution >= 0.6 is 0 Å². The van der Waals surface area contributed by atoms with Gasteiger partial charge in [0.1, 0.15) is 6.17 Å². The molecule has 1 fully saturated rings. The van der Waals surface area contributed by atoms with Gasteiger partial charge in [0.2, 0.25) is 0 Å². The minimum absolute atomic E-state index is 0.209. The molecule has 1 aliphatic carbocycles. The van der Waals surface area contributed by atoms with Crippen LogP contribution in [-0.2, 0) is 6.54 Å². The molecule has 3 aliphatic rings. The Morgan fingerprint density at radius 3 is 2.54 bits per heavy atom. The van der Waals surface area contributed by atoms with Gasteiger partial charge in [-0.25, -0.2) is 10.1 Å². The molecule has 1 aromatic heterocycles. The molecule has 3 heterocycles. The van der Waals surface area contributed by atoms with Crippen molar-refractivity contribution in [3.8, 4) is 22.5 Å². The summed E-state index contributed by atoms with van der Waals surface area (Å²) < 4.78 is 0. The number of H-pyrrole nitrogens is 1. The van der Waals surface area contributed by atoms with Crippen LogP contribution in [0.4, 0.5) is 0 Å². The number of tetrazole rings is 1. The van der Waals surface area contributed by atoms with Crippen LogP contribution in [-0.4, -0.2) is 67.6 Å². The Morgan fingerprint density at radius 2 is 1.81 bits per heavy atom. The summed E-state index contributed by atoms with van der Waals surface area (Å²) in [6, 6.07) is 17.2. The summed E-state index contributed by atoms with van der Waals surface area (Å²) in [7, 11) is 2.18. The van der Waals surface area contributed by atoms with E-state index in [0.717, 1.165) is 48.8 Å². The zero-order valence-electron chi connectivity index (χ0n) is 21.8. The number of aliphatic imine (C=N–C) groups is 1. The van der Waals surface area contributed by atoms with E-state index < -0.39 is 0 Å².